The maximum absolute atomic E-state index is 10.9. The lowest BCUT2D eigenvalue weighted by Crippen LogP contribution is -2.38. The minimum absolute atomic E-state index is 0.0505. The number of hydrogen-bond donors (Lipinski definition) is 3. The van der Waals surface area contributed by atoms with Crippen molar-refractivity contribution in [2.24, 2.45) is 10.7 Å². The molecule has 3 rings (SSSR count). The number of rotatable bonds is 8. The third-order valence-electron chi connectivity index (χ3n) is 4.27. The molecule has 0 aliphatic carbocycles. The highest BCUT2D eigenvalue weighted by Gasteiger charge is 2.13. The van der Waals surface area contributed by atoms with Crippen LogP contribution in [0.4, 0.5) is 0 Å². The van der Waals surface area contributed by atoms with Gasteiger partial charge in [0.1, 0.15) is 17.1 Å². The van der Waals surface area contributed by atoms with Crippen LogP contribution in [0.1, 0.15) is 31.2 Å². The Morgan fingerprint density at radius 1 is 1.21 bits per heavy atom. The summed E-state index contributed by atoms with van der Waals surface area (Å²) in [6.45, 7) is 5.09. The third-order valence-corrected chi connectivity index (χ3v) is 4.27. The highest BCUT2D eigenvalue weighted by Crippen LogP contribution is 2.23. The number of nitrogens with two attached hydrogens (primary N) is 1. The number of carbonyl (C=O) groups is 1. The molecule has 1 aromatic heterocycles. The third kappa shape index (κ3) is 5.75. The van der Waals surface area contributed by atoms with Gasteiger partial charge < -0.3 is 25.5 Å². The van der Waals surface area contributed by atoms with Crippen LogP contribution in [-0.2, 0) is 11.3 Å². The van der Waals surface area contributed by atoms with Crippen LogP contribution in [0.25, 0.3) is 11.0 Å². The Hall–Kier alpha value is -3.48. The standard InChI is InChI=1S/C22H26N4O3/c1-3-24-22(25-13-16-7-6-9-18(11-16)28-14-21(23)27)26-15(2)20-12-17-8-4-5-10-19(17)29-20/h4-12,15H,3,13-14H2,1-2H3,(H2,23,27)(H2,24,25,26). The summed E-state index contributed by atoms with van der Waals surface area (Å²) in [6, 6.07) is 17.4. The van der Waals surface area contributed by atoms with Crippen molar-refractivity contribution in [2.75, 3.05) is 13.2 Å². The molecular formula is C22H26N4O3. The minimum atomic E-state index is -0.508. The average molecular weight is 394 g/mol. The second kappa shape index (κ2) is 9.64. The van der Waals surface area contributed by atoms with E-state index in [-0.39, 0.29) is 12.6 Å². The number of para-hydroxylation sites is 1. The molecule has 0 bridgehead atoms. The predicted octanol–water partition coefficient (Wildman–Crippen LogP) is 3.11. The van der Waals surface area contributed by atoms with Gasteiger partial charge in [0, 0.05) is 11.9 Å². The lowest BCUT2D eigenvalue weighted by molar-refractivity contribution is -0.119. The number of primary amides is 1. The second-order valence-electron chi connectivity index (χ2n) is 6.65. The molecule has 7 heteroatoms. The molecule has 0 aliphatic rings. The van der Waals surface area contributed by atoms with Crippen LogP contribution in [0.15, 0.2) is 64.0 Å². The summed E-state index contributed by atoms with van der Waals surface area (Å²) < 4.78 is 11.3. The van der Waals surface area contributed by atoms with E-state index in [1.807, 2.05) is 62.4 Å². The van der Waals surface area contributed by atoms with E-state index in [9.17, 15) is 4.79 Å². The van der Waals surface area contributed by atoms with Crippen LogP contribution in [0.5, 0.6) is 5.75 Å². The van der Waals surface area contributed by atoms with Crippen molar-refractivity contribution in [1.82, 2.24) is 10.6 Å². The van der Waals surface area contributed by atoms with Gasteiger partial charge in [-0.25, -0.2) is 4.99 Å². The smallest absolute Gasteiger partial charge is 0.255 e. The molecule has 1 atom stereocenters. The summed E-state index contributed by atoms with van der Waals surface area (Å²) in [4.78, 5) is 15.5. The van der Waals surface area contributed by atoms with Gasteiger partial charge in [-0.05, 0) is 43.7 Å². The molecule has 0 saturated carbocycles. The van der Waals surface area contributed by atoms with Crippen LogP contribution >= 0.6 is 0 Å². The van der Waals surface area contributed by atoms with E-state index < -0.39 is 5.91 Å². The van der Waals surface area contributed by atoms with Crippen molar-refractivity contribution >= 4 is 22.8 Å². The van der Waals surface area contributed by atoms with Crippen molar-refractivity contribution in [3.8, 4) is 5.75 Å². The largest absolute Gasteiger partial charge is 0.484 e. The van der Waals surface area contributed by atoms with Gasteiger partial charge in [0.2, 0.25) is 0 Å². The number of fused-ring (bicyclic) bond motifs is 1. The van der Waals surface area contributed by atoms with Crippen molar-refractivity contribution < 1.29 is 13.9 Å². The fourth-order valence-electron chi connectivity index (χ4n) is 2.87. The molecule has 0 fully saturated rings. The van der Waals surface area contributed by atoms with Gasteiger partial charge in [0.05, 0.1) is 12.6 Å². The van der Waals surface area contributed by atoms with Gasteiger partial charge in [-0.1, -0.05) is 30.3 Å². The number of hydrogen-bond acceptors (Lipinski definition) is 4. The van der Waals surface area contributed by atoms with E-state index in [2.05, 4.69) is 15.6 Å². The summed E-state index contributed by atoms with van der Waals surface area (Å²) in [7, 11) is 0. The molecule has 29 heavy (non-hydrogen) atoms. The van der Waals surface area contributed by atoms with E-state index in [0.29, 0.717) is 18.3 Å². The number of amides is 1. The summed E-state index contributed by atoms with van der Waals surface area (Å²) in [5.74, 6) is 1.61. The number of furan rings is 1. The first-order chi connectivity index (χ1) is 14.0. The average Bonchev–Trinajstić information content (AvgIpc) is 3.15. The Morgan fingerprint density at radius 3 is 2.79 bits per heavy atom. The van der Waals surface area contributed by atoms with Crippen LogP contribution < -0.4 is 21.1 Å². The Bertz CT molecular complexity index is 963. The molecule has 1 amide bonds. The molecule has 7 nitrogen and oxygen atoms in total. The topological polar surface area (TPSA) is 102 Å². The van der Waals surface area contributed by atoms with Crippen molar-refractivity contribution in [3.05, 3.63) is 65.9 Å². The Kier molecular flexibility index (Phi) is 6.73. The molecule has 1 unspecified atom stereocenters. The number of ether oxygens (including phenoxy) is 1. The maximum Gasteiger partial charge on any atom is 0.255 e. The second-order valence-corrected chi connectivity index (χ2v) is 6.65. The van der Waals surface area contributed by atoms with Crippen molar-refractivity contribution in [3.63, 3.8) is 0 Å². The summed E-state index contributed by atoms with van der Waals surface area (Å²) in [5, 5.41) is 7.69. The quantitative estimate of drug-likeness (QED) is 0.402. The predicted molar refractivity (Wildman–Crippen MR) is 114 cm³/mol. The molecule has 0 radical (unpaired) electrons. The molecule has 0 saturated heterocycles. The fourth-order valence-corrected chi connectivity index (χ4v) is 2.87. The first-order valence-corrected chi connectivity index (χ1v) is 9.58. The summed E-state index contributed by atoms with van der Waals surface area (Å²) in [6.07, 6.45) is 0. The van der Waals surface area contributed by atoms with E-state index in [0.717, 1.165) is 28.8 Å². The number of nitrogens with one attached hydrogen (secondary N) is 2. The van der Waals surface area contributed by atoms with Gasteiger partial charge in [0.25, 0.3) is 5.91 Å². The number of nitrogens with zero attached hydrogens (tertiary/aromatic N) is 1. The van der Waals surface area contributed by atoms with Crippen LogP contribution in [-0.4, -0.2) is 25.0 Å². The molecule has 152 valence electrons. The van der Waals surface area contributed by atoms with Gasteiger partial charge in [-0.2, -0.15) is 0 Å². The first-order valence-electron chi connectivity index (χ1n) is 9.58. The molecule has 4 N–H and O–H groups in total. The number of benzene rings is 2. The van der Waals surface area contributed by atoms with Crippen molar-refractivity contribution in [1.29, 1.82) is 0 Å². The maximum atomic E-state index is 10.9. The molecule has 0 spiro atoms. The molecule has 1 heterocycles. The van der Waals surface area contributed by atoms with E-state index in [1.165, 1.54) is 0 Å². The van der Waals surface area contributed by atoms with Gasteiger partial charge in [0.15, 0.2) is 12.6 Å². The number of guanidine groups is 1. The highest BCUT2D eigenvalue weighted by atomic mass is 16.5. The summed E-state index contributed by atoms with van der Waals surface area (Å²) >= 11 is 0. The van der Waals surface area contributed by atoms with Crippen LogP contribution in [0.3, 0.4) is 0 Å². The lowest BCUT2D eigenvalue weighted by Gasteiger charge is -2.16. The van der Waals surface area contributed by atoms with Crippen LogP contribution in [0, 0.1) is 0 Å². The first kappa shape index (κ1) is 20.3. The van der Waals surface area contributed by atoms with E-state index in [4.69, 9.17) is 14.9 Å². The Balaban J connectivity index is 1.67. The monoisotopic (exact) mass is 394 g/mol. The van der Waals surface area contributed by atoms with E-state index in [1.54, 1.807) is 6.07 Å². The number of aliphatic imine (C=N–C) groups is 1. The normalized spacial score (nSPS) is 12.6. The van der Waals surface area contributed by atoms with Crippen molar-refractivity contribution in [2.45, 2.75) is 26.4 Å². The molecular weight excluding hydrogens is 368 g/mol. The minimum Gasteiger partial charge on any atom is -0.484 e. The molecule has 3 aromatic rings. The van der Waals surface area contributed by atoms with E-state index >= 15 is 0 Å². The SMILES string of the molecule is CCNC(=NCc1cccc(OCC(N)=O)c1)NC(C)c1cc2ccccc2o1. The highest BCUT2D eigenvalue weighted by molar-refractivity contribution is 5.81. The zero-order valence-corrected chi connectivity index (χ0v) is 16.6. The number of carbonyl (C=O) groups excluding carboxylic acids is 1. The van der Waals surface area contributed by atoms with Gasteiger partial charge in [-0.3, -0.25) is 4.79 Å². The Morgan fingerprint density at radius 2 is 2.03 bits per heavy atom. The Labute approximate surface area is 169 Å². The van der Waals surface area contributed by atoms with Crippen LogP contribution in [0.2, 0.25) is 0 Å². The molecule has 0 aliphatic heterocycles. The molecule has 2 aromatic carbocycles. The summed E-state index contributed by atoms with van der Waals surface area (Å²) in [5.41, 5.74) is 6.94. The van der Waals surface area contributed by atoms with Gasteiger partial charge >= 0.3 is 0 Å². The zero-order valence-electron chi connectivity index (χ0n) is 16.6. The van der Waals surface area contributed by atoms with Gasteiger partial charge in [-0.15, -0.1) is 0 Å². The fraction of sp³-hybridized carbons (Fsp3) is 0.273. The lowest BCUT2D eigenvalue weighted by atomic mass is 10.2. The zero-order chi connectivity index (χ0) is 20.6.